The predicted octanol–water partition coefficient (Wildman–Crippen LogP) is -0.245. The van der Waals surface area contributed by atoms with Gasteiger partial charge in [0.25, 0.3) is 0 Å². The summed E-state index contributed by atoms with van der Waals surface area (Å²) in [5.74, 6) is 2.86. The molecular weight excluding hydrogens is 246 g/mol. The lowest BCUT2D eigenvalue weighted by molar-refractivity contribution is -0.657. The van der Waals surface area contributed by atoms with E-state index in [4.69, 9.17) is 4.74 Å². The normalized spacial score (nSPS) is 11.6. The highest BCUT2D eigenvalue weighted by Gasteiger charge is 2.11. The summed E-state index contributed by atoms with van der Waals surface area (Å²) in [7, 11) is 8.21. The van der Waals surface area contributed by atoms with Crippen molar-refractivity contribution in [2.45, 2.75) is 31.8 Å². The molecule has 19 heavy (non-hydrogen) atoms. The summed E-state index contributed by atoms with van der Waals surface area (Å²) in [4.78, 5) is 19.5. The van der Waals surface area contributed by atoms with Gasteiger partial charge in [-0.25, -0.2) is 4.79 Å². The molecule has 0 amide bonds. The molecule has 0 rings (SSSR count). The average Bonchev–Trinajstić information content (AvgIpc) is 2.31. The third kappa shape index (κ3) is 12.1. The first kappa shape index (κ1) is 18.3. The molecule has 114 valence electrons. The van der Waals surface area contributed by atoms with E-state index in [-0.39, 0.29) is 12.1 Å². The number of quaternary nitrogens is 1. The van der Waals surface area contributed by atoms with Gasteiger partial charge in [0.1, 0.15) is 0 Å². The largest absolute Gasteiger partial charge is 0.376 e. The Hall–Kier alpha value is -0.690. The third-order valence-corrected chi connectivity index (χ3v) is 2.68. The Morgan fingerprint density at radius 1 is 1.05 bits per heavy atom. The maximum absolute atomic E-state index is 10.9. The van der Waals surface area contributed by atoms with Crippen molar-refractivity contribution in [2.24, 2.45) is 0 Å². The Morgan fingerprint density at radius 2 is 1.63 bits per heavy atom. The molecule has 0 aromatic carbocycles. The van der Waals surface area contributed by atoms with Crippen LogP contribution >= 0.6 is 0 Å². The van der Waals surface area contributed by atoms with Gasteiger partial charge in [0.15, 0.2) is 0 Å². The Morgan fingerprint density at radius 3 is 2.11 bits per heavy atom. The molecular formula is C13H30N3O3+. The van der Waals surface area contributed by atoms with Crippen molar-refractivity contribution in [1.29, 1.82) is 0 Å². The molecule has 6 nitrogen and oxygen atoms in total. The van der Waals surface area contributed by atoms with Crippen molar-refractivity contribution in [3.8, 4) is 0 Å². The molecule has 0 aliphatic rings. The molecule has 6 heteroatoms. The van der Waals surface area contributed by atoms with Gasteiger partial charge in [0.05, 0.1) is 12.5 Å². The first-order chi connectivity index (χ1) is 8.95. The van der Waals surface area contributed by atoms with Crippen molar-refractivity contribution in [1.82, 2.24) is 9.80 Å². The highest BCUT2D eigenvalue weighted by atomic mass is 16.7. The molecule has 0 spiro atoms. The summed E-state index contributed by atoms with van der Waals surface area (Å²) in [5.41, 5.74) is 0. The average molecular weight is 276 g/mol. The summed E-state index contributed by atoms with van der Waals surface area (Å²) in [5, 5.41) is 0. The number of hydrogen-bond donors (Lipinski definition) is 1. The first-order valence-electron chi connectivity index (χ1n) is 6.81. The van der Waals surface area contributed by atoms with Gasteiger partial charge in [0, 0.05) is 19.7 Å². The van der Waals surface area contributed by atoms with E-state index in [9.17, 15) is 4.79 Å². The number of likely N-dealkylation sites (N-methyl/N-ethyl adjacent to an activating group) is 2. The minimum absolute atomic E-state index is 0.231. The maximum atomic E-state index is 10.9. The highest BCUT2D eigenvalue weighted by molar-refractivity contribution is 5.68. The zero-order chi connectivity index (χ0) is 14.7. The van der Waals surface area contributed by atoms with Crippen molar-refractivity contribution in [2.75, 3.05) is 47.9 Å². The fourth-order valence-electron chi connectivity index (χ4n) is 1.85. The minimum atomic E-state index is -0.237. The number of nitrogens with zero attached hydrogens (tertiary/aromatic N) is 2. The van der Waals surface area contributed by atoms with E-state index in [1.165, 1.54) is 0 Å². The van der Waals surface area contributed by atoms with Gasteiger partial charge >= 0.3 is 5.97 Å². The summed E-state index contributed by atoms with van der Waals surface area (Å²) >= 11 is 0. The number of carbonyl (C=O) groups excluding carboxylic acids is 1. The van der Waals surface area contributed by atoms with Crippen molar-refractivity contribution in [3.05, 3.63) is 0 Å². The van der Waals surface area contributed by atoms with Gasteiger partial charge in [-0.1, -0.05) is 6.42 Å². The lowest BCUT2D eigenvalue weighted by Crippen LogP contribution is -2.51. The van der Waals surface area contributed by atoms with Crippen molar-refractivity contribution >= 4 is 5.97 Å². The van der Waals surface area contributed by atoms with Crippen LogP contribution in [0, 0.1) is 0 Å². The van der Waals surface area contributed by atoms with Crippen LogP contribution in [0.25, 0.3) is 0 Å². The highest BCUT2D eigenvalue weighted by Crippen LogP contribution is 2.03. The topological polar surface area (TPSA) is 69.7 Å². The van der Waals surface area contributed by atoms with Crippen LogP contribution in [0.2, 0.25) is 0 Å². The number of rotatable bonds is 11. The number of unbranched alkanes of at least 4 members (excludes halogenated alkanes) is 2. The molecule has 0 unspecified atom stereocenters. The lowest BCUT2D eigenvalue weighted by atomic mass is 10.2. The number of carbonyl (C=O) groups is 1. The molecule has 0 bridgehead atoms. The SMILES string of the molecule is CN(C)CC(CN(C)C)OCCCCCC(=O)O[NH3+]. The Labute approximate surface area is 116 Å². The lowest BCUT2D eigenvalue weighted by Gasteiger charge is -2.24. The maximum Gasteiger partial charge on any atom is 0.366 e. The van der Waals surface area contributed by atoms with Crippen LogP contribution in [0.15, 0.2) is 0 Å². The van der Waals surface area contributed by atoms with E-state index in [2.05, 4.69) is 48.7 Å². The Kier molecular flexibility index (Phi) is 10.8. The molecule has 0 aliphatic carbocycles. The van der Waals surface area contributed by atoms with Crippen molar-refractivity contribution in [3.63, 3.8) is 0 Å². The second-order valence-electron chi connectivity index (χ2n) is 5.34. The van der Waals surface area contributed by atoms with E-state index < -0.39 is 0 Å². The summed E-state index contributed by atoms with van der Waals surface area (Å²) < 4.78 is 5.89. The van der Waals surface area contributed by atoms with Gasteiger partial charge < -0.3 is 14.5 Å². The van der Waals surface area contributed by atoms with Crippen LogP contribution in [0.5, 0.6) is 0 Å². The van der Waals surface area contributed by atoms with Crippen LogP contribution in [-0.4, -0.2) is 69.8 Å². The zero-order valence-electron chi connectivity index (χ0n) is 12.9. The van der Waals surface area contributed by atoms with E-state index in [0.29, 0.717) is 6.42 Å². The van der Waals surface area contributed by atoms with E-state index in [1.54, 1.807) is 0 Å². The van der Waals surface area contributed by atoms with Gasteiger partial charge in [-0.05, 0) is 41.0 Å². The second-order valence-corrected chi connectivity index (χ2v) is 5.34. The third-order valence-electron chi connectivity index (χ3n) is 2.68. The molecule has 0 fully saturated rings. The van der Waals surface area contributed by atoms with Crippen LogP contribution in [0.4, 0.5) is 0 Å². The molecule has 0 saturated carbocycles. The minimum Gasteiger partial charge on any atom is -0.376 e. The van der Waals surface area contributed by atoms with E-state index in [0.717, 1.165) is 39.0 Å². The molecule has 0 heterocycles. The monoisotopic (exact) mass is 276 g/mol. The van der Waals surface area contributed by atoms with Gasteiger partial charge in [-0.15, -0.1) is 0 Å². The number of ether oxygens (including phenoxy) is 1. The molecule has 0 aromatic rings. The number of hydrogen-bond acceptors (Lipinski definition) is 5. The molecule has 3 N–H and O–H groups in total. The van der Waals surface area contributed by atoms with Crippen LogP contribution in [-0.2, 0) is 14.4 Å². The summed E-state index contributed by atoms with van der Waals surface area (Å²) in [6, 6.07) is 0. The van der Waals surface area contributed by atoms with Gasteiger partial charge in [-0.2, -0.15) is 5.90 Å². The van der Waals surface area contributed by atoms with Crippen molar-refractivity contribution < 1.29 is 20.3 Å². The van der Waals surface area contributed by atoms with Crippen LogP contribution in [0.1, 0.15) is 25.7 Å². The predicted molar refractivity (Wildman–Crippen MR) is 74.3 cm³/mol. The fraction of sp³-hybridized carbons (Fsp3) is 0.923. The molecule has 0 radical (unpaired) electrons. The van der Waals surface area contributed by atoms with Gasteiger partial charge in [0.2, 0.25) is 0 Å². The summed E-state index contributed by atoms with van der Waals surface area (Å²) in [6.45, 7) is 2.59. The Bertz CT molecular complexity index is 225. The van der Waals surface area contributed by atoms with Crippen LogP contribution in [0.3, 0.4) is 0 Å². The van der Waals surface area contributed by atoms with E-state index in [1.807, 2.05) is 0 Å². The molecule has 0 aliphatic heterocycles. The van der Waals surface area contributed by atoms with Crippen LogP contribution < -0.4 is 5.90 Å². The second kappa shape index (κ2) is 11.2. The summed E-state index contributed by atoms with van der Waals surface area (Å²) in [6.07, 6.45) is 3.47. The molecule has 0 saturated heterocycles. The molecule has 0 aromatic heterocycles. The zero-order valence-corrected chi connectivity index (χ0v) is 12.9. The smallest absolute Gasteiger partial charge is 0.366 e. The van der Waals surface area contributed by atoms with Gasteiger partial charge in [-0.3, -0.25) is 4.84 Å². The molecule has 0 atom stereocenters. The van der Waals surface area contributed by atoms with E-state index >= 15 is 0 Å². The quantitative estimate of drug-likeness (QED) is 0.416. The first-order valence-corrected chi connectivity index (χ1v) is 6.81. The standard InChI is InChI=1S/C13H30N3O3/c1-15(2)10-12(11-16(3)4)18-9-7-5-6-8-13(17)19-14/h12H,5-11H2,1-4,14H3/q+1. The fourth-order valence-corrected chi connectivity index (χ4v) is 1.85. The Balaban J connectivity index is 3.65.